The van der Waals surface area contributed by atoms with Crippen molar-refractivity contribution in [2.75, 3.05) is 0 Å². The largest absolute Gasteiger partial charge is 0.103 e. The molecule has 0 saturated heterocycles. The van der Waals surface area contributed by atoms with Crippen molar-refractivity contribution in [2.24, 2.45) is 0 Å². The summed E-state index contributed by atoms with van der Waals surface area (Å²) in [4.78, 5) is 0. The average molecular weight is 208 g/mol. The third-order valence-electron chi connectivity index (χ3n) is 1.29. The van der Waals surface area contributed by atoms with E-state index in [1.54, 1.807) is 6.08 Å². The molecular weight excluding hydrogens is 180 g/mol. The van der Waals surface area contributed by atoms with Crippen molar-refractivity contribution in [3.63, 3.8) is 0 Å². The quantitative estimate of drug-likeness (QED) is 0.412. The molecule has 0 nitrogen and oxygen atoms in total. The number of hydrogen-bond donors (Lipinski definition) is 0. The van der Waals surface area contributed by atoms with Gasteiger partial charge in [0.15, 0.2) is 0 Å². The zero-order chi connectivity index (χ0) is 12.5. The van der Waals surface area contributed by atoms with Gasteiger partial charge in [0.2, 0.25) is 0 Å². The van der Waals surface area contributed by atoms with Gasteiger partial charge < -0.3 is 0 Å². The van der Waals surface area contributed by atoms with E-state index in [4.69, 9.17) is 0 Å². The number of hydrogen-bond acceptors (Lipinski definition) is 0. The van der Waals surface area contributed by atoms with Crippen molar-refractivity contribution in [1.29, 1.82) is 0 Å². The molecule has 0 bridgehead atoms. The van der Waals surface area contributed by atoms with Crippen LogP contribution in [0.5, 0.6) is 0 Å². The highest BCUT2D eigenvalue weighted by Gasteiger charge is 1.81. The van der Waals surface area contributed by atoms with Gasteiger partial charge in [-0.25, -0.2) is 0 Å². The van der Waals surface area contributed by atoms with E-state index in [1.165, 1.54) is 5.57 Å². The molecule has 0 amide bonds. The standard InChI is InChI=1S/C10H16.C3H6.C2H6/c1-4-7-9-10(6-3)8-5-2;1-3-2;1-2/h4-5,7-9H,6H2,1-3H3;3H,1H2,2H3;1-2H3/b7-4-,8-5-,10-9-;;. The molecule has 0 radical (unpaired) electrons. The minimum absolute atomic E-state index is 1.11. The Morgan fingerprint density at radius 2 is 1.53 bits per heavy atom. The van der Waals surface area contributed by atoms with E-state index in [9.17, 15) is 0 Å². The Hall–Kier alpha value is -1.04. The topological polar surface area (TPSA) is 0 Å². The molecule has 88 valence electrons. The minimum atomic E-state index is 1.11. The summed E-state index contributed by atoms with van der Waals surface area (Å²) in [6.45, 7) is 15.5. The molecule has 0 aromatic carbocycles. The SMILES string of the molecule is C=CC.CC.C\C=C/C=C(\C=C/C)CC. The molecule has 0 heterocycles. The van der Waals surface area contributed by atoms with E-state index >= 15 is 0 Å². The summed E-state index contributed by atoms with van der Waals surface area (Å²) in [6.07, 6.45) is 13.3. The Labute approximate surface area is 97.1 Å². The normalized spacial score (nSPS) is 10.4. The first kappa shape index (κ1) is 19.5. The van der Waals surface area contributed by atoms with Crippen molar-refractivity contribution in [2.45, 2.75) is 48.0 Å². The molecule has 0 saturated carbocycles. The smallest absolute Gasteiger partial charge is 0.0308 e. The lowest BCUT2D eigenvalue weighted by molar-refractivity contribution is 1.15. The second-order valence-electron chi connectivity index (χ2n) is 2.53. The van der Waals surface area contributed by atoms with Crippen LogP contribution in [0.25, 0.3) is 0 Å². The summed E-state index contributed by atoms with van der Waals surface area (Å²) in [7, 11) is 0. The first-order valence-corrected chi connectivity index (χ1v) is 5.78. The van der Waals surface area contributed by atoms with Crippen molar-refractivity contribution in [3.8, 4) is 0 Å². The van der Waals surface area contributed by atoms with Crippen LogP contribution in [-0.2, 0) is 0 Å². The maximum Gasteiger partial charge on any atom is -0.0308 e. The van der Waals surface area contributed by atoms with Gasteiger partial charge in [-0.15, -0.1) is 6.58 Å². The van der Waals surface area contributed by atoms with E-state index in [-0.39, 0.29) is 0 Å². The second-order valence-corrected chi connectivity index (χ2v) is 2.53. The van der Waals surface area contributed by atoms with E-state index < -0.39 is 0 Å². The van der Waals surface area contributed by atoms with Gasteiger partial charge in [0.1, 0.15) is 0 Å². The molecule has 0 heteroatoms. The average Bonchev–Trinajstić information content (AvgIpc) is 2.28. The summed E-state index contributed by atoms with van der Waals surface area (Å²) in [5, 5.41) is 0. The van der Waals surface area contributed by atoms with Crippen molar-refractivity contribution >= 4 is 0 Å². The summed E-state index contributed by atoms with van der Waals surface area (Å²) >= 11 is 0. The van der Waals surface area contributed by atoms with Gasteiger partial charge in [-0.2, -0.15) is 0 Å². The fourth-order valence-electron chi connectivity index (χ4n) is 0.725. The van der Waals surface area contributed by atoms with Crippen LogP contribution in [0, 0.1) is 0 Å². The molecule has 0 rings (SSSR count). The van der Waals surface area contributed by atoms with E-state index in [2.05, 4.69) is 37.8 Å². The Balaban J connectivity index is -0.000000245. The molecule has 0 unspecified atom stereocenters. The van der Waals surface area contributed by atoms with Crippen molar-refractivity contribution < 1.29 is 0 Å². The highest BCUT2D eigenvalue weighted by Crippen LogP contribution is 2.01. The Kier molecular flexibility index (Phi) is 30.0. The Morgan fingerprint density at radius 1 is 1.07 bits per heavy atom. The Bertz CT molecular complexity index is 180. The van der Waals surface area contributed by atoms with Gasteiger partial charge in [-0.1, -0.05) is 57.2 Å². The number of allylic oxidation sites excluding steroid dienone is 7. The van der Waals surface area contributed by atoms with Crippen LogP contribution in [0.15, 0.2) is 48.6 Å². The summed E-state index contributed by atoms with van der Waals surface area (Å²) < 4.78 is 0. The van der Waals surface area contributed by atoms with Crippen molar-refractivity contribution in [3.05, 3.63) is 48.6 Å². The summed E-state index contributed by atoms with van der Waals surface area (Å²) in [5.74, 6) is 0. The predicted molar refractivity (Wildman–Crippen MR) is 75.2 cm³/mol. The first-order chi connectivity index (χ1) is 7.26. The van der Waals surface area contributed by atoms with Gasteiger partial charge in [-0.3, -0.25) is 0 Å². The highest BCUT2D eigenvalue weighted by molar-refractivity contribution is 5.22. The van der Waals surface area contributed by atoms with Crippen LogP contribution in [0.1, 0.15) is 48.0 Å². The molecule has 0 N–H and O–H groups in total. The molecule has 0 atom stereocenters. The monoisotopic (exact) mass is 208 g/mol. The molecule has 0 spiro atoms. The van der Waals surface area contributed by atoms with E-state index in [1.807, 2.05) is 40.7 Å². The zero-order valence-corrected chi connectivity index (χ0v) is 11.4. The third kappa shape index (κ3) is 24.6. The van der Waals surface area contributed by atoms with Gasteiger partial charge in [0.25, 0.3) is 0 Å². The molecule has 0 fully saturated rings. The lowest BCUT2D eigenvalue weighted by atomic mass is 10.2. The highest BCUT2D eigenvalue weighted by atomic mass is 13.9. The zero-order valence-electron chi connectivity index (χ0n) is 11.4. The van der Waals surface area contributed by atoms with Crippen LogP contribution in [0.2, 0.25) is 0 Å². The Morgan fingerprint density at radius 3 is 1.80 bits per heavy atom. The van der Waals surface area contributed by atoms with Crippen LogP contribution in [0.4, 0.5) is 0 Å². The van der Waals surface area contributed by atoms with Gasteiger partial charge >= 0.3 is 0 Å². The molecule has 0 aliphatic rings. The van der Waals surface area contributed by atoms with Crippen LogP contribution in [0.3, 0.4) is 0 Å². The summed E-state index contributed by atoms with van der Waals surface area (Å²) in [6, 6.07) is 0. The summed E-state index contributed by atoms with van der Waals surface area (Å²) in [5.41, 5.74) is 1.38. The van der Waals surface area contributed by atoms with Gasteiger partial charge in [0, 0.05) is 0 Å². The lowest BCUT2D eigenvalue weighted by Crippen LogP contribution is -1.70. The first-order valence-electron chi connectivity index (χ1n) is 5.78. The molecule has 15 heavy (non-hydrogen) atoms. The van der Waals surface area contributed by atoms with Gasteiger partial charge in [0.05, 0.1) is 0 Å². The maximum absolute atomic E-state index is 3.36. The predicted octanol–water partition coefficient (Wildman–Crippen LogP) is 5.69. The third-order valence-corrected chi connectivity index (χ3v) is 1.29. The maximum atomic E-state index is 3.36. The fraction of sp³-hybridized carbons (Fsp3) is 0.467. The fourth-order valence-corrected chi connectivity index (χ4v) is 0.725. The van der Waals surface area contributed by atoms with Gasteiger partial charge in [-0.05, 0) is 32.8 Å². The second kappa shape index (κ2) is 23.1. The van der Waals surface area contributed by atoms with E-state index in [0.717, 1.165) is 6.42 Å². The molecule has 0 aliphatic heterocycles. The van der Waals surface area contributed by atoms with Crippen molar-refractivity contribution in [1.82, 2.24) is 0 Å². The molecule has 0 aromatic heterocycles. The van der Waals surface area contributed by atoms with Crippen LogP contribution < -0.4 is 0 Å². The number of rotatable bonds is 3. The lowest BCUT2D eigenvalue weighted by Gasteiger charge is -1.91. The van der Waals surface area contributed by atoms with E-state index in [0.29, 0.717) is 0 Å². The molecule has 0 aromatic rings. The molecular formula is C15H28. The molecule has 0 aliphatic carbocycles. The van der Waals surface area contributed by atoms with Crippen LogP contribution >= 0.6 is 0 Å². The minimum Gasteiger partial charge on any atom is -0.103 e. The van der Waals surface area contributed by atoms with Crippen LogP contribution in [-0.4, -0.2) is 0 Å².